The van der Waals surface area contributed by atoms with Gasteiger partial charge in [-0.2, -0.15) is 0 Å². The molecule has 5 nitrogen and oxygen atoms in total. The topological polar surface area (TPSA) is 66.5 Å². The van der Waals surface area contributed by atoms with Crippen LogP contribution in [0.5, 0.6) is 0 Å². The molecule has 0 radical (unpaired) electrons. The Kier molecular flexibility index (Phi) is 7.03. The van der Waals surface area contributed by atoms with Crippen molar-refractivity contribution in [3.63, 3.8) is 0 Å². The average Bonchev–Trinajstić information content (AvgIpc) is 2.50. The summed E-state index contributed by atoms with van der Waals surface area (Å²) in [6, 6.07) is 6.08. The normalized spacial score (nSPS) is 11.9. The van der Waals surface area contributed by atoms with Crippen LogP contribution in [-0.2, 0) is 10.0 Å². The van der Waals surface area contributed by atoms with E-state index < -0.39 is 10.0 Å². The molecule has 124 valence electrons. The van der Waals surface area contributed by atoms with Crippen LogP contribution in [0.3, 0.4) is 0 Å². The summed E-state index contributed by atoms with van der Waals surface area (Å²) in [7, 11) is -1.90. The van der Waals surface area contributed by atoms with Crippen molar-refractivity contribution >= 4 is 15.9 Å². The maximum atomic E-state index is 12.4. The van der Waals surface area contributed by atoms with Crippen LogP contribution < -0.4 is 5.32 Å². The van der Waals surface area contributed by atoms with Gasteiger partial charge in [-0.25, -0.2) is 12.7 Å². The lowest BCUT2D eigenvalue weighted by Gasteiger charge is -2.17. The fraction of sp³-hybridized carbons (Fsp3) is 0.562. The molecule has 0 fully saturated rings. The molecule has 0 spiro atoms. The molecule has 0 saturated heterocycles. The van der Waals surface area contributed by atoms with E-state index in [2.05, 4.69) is 5.32 Å². The summed E-state index contributed by atoms with van der Waals surface area (Å²) in [6.07, 6.45) is 1.76. The molecule has 22 heavy (non-hydrogen) atoms. The van der Waals surface area contributed by atoms with E-state index in [4.69, 9.17) is 0 Å². The van der Waals surface area contributed by atoms with Crippen LogP contribution in [0.1, 0.15) is 44.0 Å². The summed E-state index contributed by atoms with van der Waals surface area (Å²) in [5.41, 5.74) is 0.468. The van der Waals surface area contributed by atoms with Gasteiger partial charge in [0.25, 0.3) is 5.91 Å². The zero-order valence-corrected chi connectivity index (χ0v) is 14.6. The van der Waals surface area contributed by atoms with E-state index >= 15 is 0 Å². The van der Waals surface area contributed by atoms with Crippen LogP contribution in [0.2, 0.25) is 0 Å². The number of nitrogens with one attached hydrogen (secondary N) is 1. The lowest BCUT2D eigenvalue weighted by atomic mass is 10.2. The number of hydrogen-bond donors (Lipinski definition) is 1. The Balaban J connectivity index is 2.81. The van der Waals surface area contributed by atoms with Crippen molar-refractivity contribution in [3.05, 3.63) is 29.8 Å². The molecule has 0 aliphatic rings. The first-order chi connectivity index (χ1) is 10.3. The summed E-state index contributed by atoms with van der Waals surface area (Å²) in [4.78, 5) is 12.1. The minimum absolute atomic E-state index is 0.183. The van der Waals surface area contributed by atoms with Crippen molar-refractivity contribution < 1.29 is 13.2 Å². The Bertz CT molecular complexity index is 580. The number of carbonyl (C=O) groups excluding carboxylic acids is 1. The number of sulfonamides is 1. The second kappa shape index (κ2) is 8.29. The third-order valence-electron chi connectivity index (χ3n) is 3.32. The number of amides is 1. The fourth-order valence-corrected chi connectivity index (χ4v) is 3.07. The van der Waals surface area contributed by atoms with Crippen molar-refractivity contribution in [2.24, 2.45) is 5.92 Å². The largest absolute Gasteiger partial charge is 0.352 e. The van der Waals surface area contributed by atoms with Gasteiger partial charge in [0.2, 0.25) is 10.0 Å². The van der Waals surface area contributed by atoms with Crippen LogP contribution in [0.4, 0.5) is 0 Å². The summed E-state index contributed by atoms with van der Waals surface area (Å²) in [5.74, 6) is 0.188. The molecule has 0 bridgehead atoms. The number of nitrogens with zero attached hydrogens (tertiary/aromatic N) is 1. The van der Waals surface area contributed by atoms with Crippen molar-refractivity contribution in [2.45, 2.75) is 38.5 Å². The summed E-state index contributed by atoms with van der Waals surface area (Å²) < 4.78 is 26.1. The Morgan fingerprint density at radius 2 is 1.82 bits per heavy atom. The van der Waals surface area contributed by atoms with E-state index in [0.717, 1.165) is 12.8 Å². The number of unbranched alkanes of at least 4 members (excludes halogenated alkanes) is 1. The van der Waals surface area contributed by atoms with Crippen molar-refractivity contribution in [3.8, 4) is 0 Å². The van der Waals surface area contributed by atoms with Crippen molar-refractivity contribution in [1.29, 1.82) is 0 Å². The molecule has 0 saturated carbocycles. The minimum atomic E-state index is -3.48. The molecular weight excluding hydrogens is 300 g/mol. The highest BCUT2D eigenvalue weighted by Crippen LogP contribution is 2.15. The van der Waals surface area contributed by atoms with Crippen molar-refractivity contribution in [1.82, 2.24) is 9.62 Å². The van der Waals surface area contributed by atoms with Crippen LogP contribution in [0.25, 0.3) is 0 Å². The highest BCUT2D eigenvalue weighted by Gasteiger charge is 2.20. The van der Waals surface area contributed by atoms with E-state index in [0.29, 0.717) is 24.6 Å². The van der Waals surface area contributed by atoms with Crippen LogP contribution >= 0.6 is 0 Å². The molecule has 6 heteroatoms. The van der Waals surface area contributed by atoms with Gasteiger partial charge in [0.05, 0.1) is 4.90 Å². The van der Waals surface area contributed by atoms with Gasteiger partial charge >= 0.3 is 0 Å². The number of benzene rings is 1. The Morgan fingerprint density at radius 3 is 2.32 bits per heavy atom. The molecule has 0 atom stereocenters. The summed E-state index contributed by atoms with van der Waals surface area (Å²) >= 11 is 0. The van der Waals surface area contributed by atoms with E-state index in [1.807, 2.05) is 20.8 Å². The number of rotatable bonds is 8. The molecule has 1 rings (SSSR count). The van der Waals surface area contributed by atoms with Gasteiger partial charge in [0, 0.05) is 25.7 Å². The second-order valence-corrected chi connectivity index (χ2v) is 7.85. The monoisotopic (exact) mass is 326 g/mol. The first-order valence-corrected chi connectivity index (χ1v) is 9.07. The zero-order valence-electron chi connectivity index (χ0n) is 13.8. The Hall–Kier alpha value is -1.40. The predicted molar refractivity (Wildman–Crippen MR) is 88.3 cm³/mol. The molecule has 0 aliphatic heterocycles. The van der Waals surface area contributed by atoms with Crippen LogP contribution in [0, 0.1) is 5.92 Å². The maximum Gasteiger partial charge on any atom is 0.251 e. The third-order valence-corrected chi connectivity index (χ3v) is 5.19. The molecule has 1 aromatic carbocycles. The first-order valence-electron chi connectivity index (χ1n) is 7.63. The van der Waals surface area contributed by atoms with Crippen LogP contribution in [0.15, 0.2) is 29.2 Å². The van der Waals surface area contributed by atoms with Gasteiger partial charge in [-0.1, -0.05) is 27.2 Å². The Labute approximate surface area is 133 Å². The van der Waals surface area contributed by atoms with E-state index in [9.17, 15) is 13.2 Å². The van der Waals surface area contributed by atoms with Gasteiger partial charge in [0.15, 0.2) is 0 Å². The minimum Gasteiger partial charge on any atom is -0.352 e. The molecule has 0 aromatic heterocycles. The highest BCUT2D eigenvalue weighted by atomic mass is 32.2. The van der Waals surface area contributed by atoms with Gasteiger partial charge < -0.3 is 5.32 Å². The predicted octanol–water partition coefficient (Wildman–Crippen LogP) is 2.49. The summed E-state index contributed by atoms with van der Waals surface area (Å²) in [6.45, 7) is 7.14. The molecule has 0 aliphatic carbocycles. The zero-order chi connectivity index (χ0) is 16.8. The number of hydrogen-bond acceptors (Lipinski definition) is 3. The molecule has 1 aromatic rings. The lowest BCUT2D eigenvalue weighted by Crippen LogP contribution is -2.28. The van der Waals surface area contributed by atoms with Gasteiger partial charge in [-0.05, 0) is 36.6 Å². The van der Waals surface area contributed by atoms with Gasteiger partial charge in [-0.15, -0.1) is 0 Å². The number of carbonyl (C=O) groups is 1. The van der Waals surface area contributed by atoms with Gasteiger partial charge in [-0.3, -0.25) is 4.79 Å². The SMILES string of the molecule is CCCCN(C)S(=O)(=O)c1ccc(C(=O)NCC(C)C)cc1. The standard InChI is InChI=1S/C16H26N2O3S/c1-5-6-11-18(4)22(20,21)15-9-7-14(8-10-15)16(19)17-12-13(2)3/h7-10,13H,5-6,11-12H2,1-4H3,(H,17,19). The second-order valence-electron chi connectivity index (χ2n) is 5.81. The molecule has 0 heterocycles. The fourth-order valence-electron chi connectivity index (χ4n) is 1.86. The first kappa shape index (κ1) is 18.6. The van der Waals surface area contributed by atoms with E-state index in [1.54, 1.807) is 19.2 Å². The van der Waals surface area contributed by atoms with Crippen molar-refractivity contribution in [2.75, 3.05) is 20.1 Å². The van der Waals surface area contributed by atoms with E-state index in [1.165, 1.54) is 16.4 Å². The lowest BCUT2D eigenvalue weighted by molar-refractivity contribution is 0.0949. The summed E-state index contributed by atoms with van der Waals surface area (Å²) in [5, 5.41) is 2.81. The Morgan fingerprint density at radius 1 is 1.23 bits per heavy atom. The molecule has 1 amide bonds. The molecule has 1 N–H and O–H groups in total. The smallest absolute Gasteiger partial charge is 0.251 e. The highest BCUT2D eigenvalue weighted by molar-refractivity contribution is 7.89. The van der Waals surface area contributed by atoms with Gasteiger partial charge in [0.1, 0.15) is 0 Å². The van der Waals surface area contributed by atoms with Crippen LogP contribution in [-0.4, -0.2) is 38.8 Å². The third kappa shape index (κ3) is 5.10. The molecule has 0 unspecified atom stereocenters. The quantitative estimate of drug-likeness (QED) is 0.798. The average molecular weight is 326 g/mol. The molecular formula is C16H26N2O3S. The maximum absolute atomic E-state index is 12.4. The van der Waals surface area contributed by atoms with E-state index in [-0.39, 0.29) is 10.8 Å².